The number of fused-ring (bicyclic) bond motifs is 1. The van der Waals surface area contributed by atoms with E-state index in [1.165, 1.54) is 12.1 Å². The molecule has 32 heavy (non-hydrogen) atoms. The molecule has 162 valence electrons. The second-order valence-corrected chi connectivity index (χ2v) is 8.19. The maximum absolute atomic E-state index is 12.9. The van der Waals surface area contributed by atoms with E-state index in [-0.39, 0.29) is 11.6 Å². The number of nitrogens with zero attached hydrogens (tertiary/aromatic N) is 2. The van der Waals surface area contributed by atoms with Crippen LogP contribution in [0.15, 0.2) is 66.7 Å². The number of nitro benzene ring substituents is 1. The molecule has 0 aliphatic carbocycles. The number of carbonyl (C=O) groups excluding carboxylic acids is 1. The summed E-state index contributed by atoms with van der Waals surface area (Å²) in [5.41, 5.74) is 4.48. The minimum atomic E-state index is -0.473. The molecule has 1 aliphatic rings. The van der Waals surface area contributed by atoms with Gasteiger partial charge in [0.1, 0.15) is 0 Å². The predicted molar refractivity (Wildman–Crippen MR) is 127 cm³/mol. The van der Waals surface area contributed by atoms with Crippen LogP contribution in [0.25, 0.3) is 11.3 Å². The van der Waals surface area contributed by atoms with Crippen LogP contribution < -0.4 is 10.6 Å². The van der Waals surface area contributed by atoms with Crippen LogP contribution in [-0.2, 0) is 11.3 Å². The molecule has 8 heteroatoms. The fourth-order valence-corrected chi connectivity index (χ4v) is 3.74. The molecule has 1 amide bonds. The number of anilines is 2. The number of nitro groups is 1. The summed E-state index contributed by atoms with van der Waals surface area (Å²) < 4.78 is 0. The third kappa shape index (κ3) is 4.49. The second-order valence-electron chi connectivity index (χ2n) is 7.76. The molecule has 1 heterocycles. The van der Waals surface area contributed by atoms with Crippen molar-refractivity contribution in [1.29, 1.82) is 0 Å². The van der Waals surface area contributed by atoms with Crippen LogP contribution in [0, 0.1) is 10.1 Å². The molecule has 0 bridgehead atoms. The number of benzene rings is 3. The van der Waals surface area contributed by atoms with E-state index in [1.807, 2.05) is 38.4 Å². The molecule has 4 rings (SSSR count). The first kappa shape index (κ1) is 21.5. The van der Waals surface area contributed by atoms with Gasteiger partial charge in [-0.15, -0.1) is 0 Å². The standard InChI is InChI=1S/C24H21ClN4O3/c1-28(2)14-15-3-9-18(10-4-15)26-23(16-5-7-17(25)8-6-16)22-20-13-19(29(31)32)11-12-21(20)27-24(22)30/h3-13,26H,14H2,1-2H3,(H,27,30). The Morgan fingerprint density at radius 3 is 2.38 bits per heavy atom. The smallest absolute Gasteiger partial charge is 0.270 e. The van der Waals surface area contributed by atoms with E-state index in [9.17, 15) is 14.9 Å². The third-order valence-corrected chi connectivity index (χ3v) is 5.32. The molecular formula is C24H21ClN4O3. The Morgan fingerprint density at radius 1 is 1.06 bits per heavy atom. The molecule has 0 aromatic heterocycles. The van der Waals surface area contributed by atoms with Crippen LogP contribution in [0.4, 0.5) is 17.1 Å². The van der Waals surface area contributed by atoms with Crippen molar-refractivity contribution in [2.45, 2.75) is 6.54 Å². The van der Waals surface area contributed by atoms with Crippen molar-refractivity contribution in [3.63, 3.8) is 0 Å². The monoisotopic (exact) mass is 448 g/mol. The average molecular weight is 449 g/mol. The number of halogens is 1. The molecule has 7 nitrogen and oxygen atoms in total. The van der Waals surface area contributed by atoms with E-state index in [0.29, 0.717) is 27.5 Å². The van der Waals surface area contributed by atoms with Crippen LogP contribution in [0.2, 0.25) is 5.02 Å². The van der Waals surface area contributed by atoms with Gasteiger partial charge in [0.15, 0.2) is 0 Å². The van der Waals surface area contributed by atoms with Crippen molar-refractivity contribution in [3.05, 3.63) is 98.6 Å². The molecule has 2 N–H and O–H groups in total. The Morgan fingerprint density at radius 2 is 1.75 bits per heavy atom. The molecule has 0 fully saturated rings. The zero-order valence-corrected chi connectivity index (χ0v) is 18.3. The minimum Gasteiger partial charge on any atom is -0.354 e. The van der Waals surface area contributed by atoms with E-state index < -0.39 is 4.92 Å². The lowest BCUT2D eigenvalue weighted by atomic mass is 9.99. The minimum absolute atomic E-state index is 0.0822. The molecule has 3 aromatic carbocycles. The van der Waals surface area contributed by atoms with E-state index in [1.54, 1.807) is 30.3 Å². The molecule has 0 spiro atoms. The zero-order chi connectivity index (χ0) is 22.8. The number of hydrogen-bond donors (Lipinski definition) is 2. The summed E-state index contributed by atoms with van der Waals surface area (Å²) >= 11 is 6.07. The molecule has 0 atom stereocenters. The SMILES string of the molecule is CN(C)Cc1ccc(NC(=C2C(=O)Nc3ccc([N+](=O)[O-])cc32)c2ccc(Cl)cc2)cc1. The largest absolute Gasteiger partial charge is 0.354 e. The van der Waals surface area contributed by atoms with E-state index in [0.717, 1.165) is 23.4 Å². The summed E-state index contributed by atoms with van der Waals surface area (Å²) in [6.07, 6.45) is 0. The van der Waals surface area contributed by atoms with E-state index >= 15 is 0 Å². The first-order valence-electron chi connectivity index (χ1n) is 9.93. The van der Waals surface area contributed by atoms with Gasteiger partial charge in [0.05, 0.1) is 16.2 Å². The second kappa shape index (κ2) is 8.82. The van der Waals surface area contributed by atoms with Crippen molar-refractivity contribution in [2.75, 3.05) is 24.7 Å². The molecule has 0 saturated heterocycles. The third-order valence-electron chi connectivity index (χ3n) is 5.06. The number of carbonyl (C=O) groups is 1. The Balaban J connectivity index is 1.83. The van der Waals surface area contributed by atoms with Gasteiger partial charge in [-0.05, 0) is 55.6 Å². The number of nitrogens with one attached hydrogen (secondary N) is 2. The fraction of sp³-hybridized carbons (Fsp3) is 0.125. The Labute approximate surface area is 190 Å². The Hall–Kier alpha value is -3.68. The zero-order valence-electron chi connectivity index (χ0n) is 17.6. The van der Waals surface area contributed by atoms with Crippen molar-refractivity contribution >= 4 is 45.8 Å². The Bertz CT molecular complexity index is 1220. The highest BCUT2D eigenvalue weighted by Crippen LogP contribution is 2.39. The highest BCUT2D eigenvalue weighted by atomic mass is 35.5. The van der Waals surface area contributed by atoms with Crippen molar-refractivity contribution in [2.24, 2.45) is 0 Å². The molecular weight excluding hydrogens is 428 g/mol. The first-order valence-corrected chi connectivity index (χ1v) is 10.3. The highest BCUT2D eigenvalue weighted by molar-refractivity contribution is 6.37. The number of hydrogen-bond acceptors (Lipinski definition) is 5. The van der Waals surface area contributed by atoms with Gasteiger partial charge in [-0.2, -0.15) is 0 Å². The van der Waals surface area contributed by atoms with Crippen LogP contribution >= 0.6 is 11.6 Å². The molecule has 3 aromatic rings. The molecule has 0 radical (unpaired) electrons. The Kier molecular flexibility index (Phi) is 5.94. The number of non-ortho nitro benzene ring substituents is 1. The summed E-state index contributed by atoms with van der Waals surface area (Å²) in [7, 11) is 4.01. The van der Waals surface area contributed by atoms with Gasteiger partial charge in [0, 0.05) is 40.6 Å². The summed E-state index contributed by atoms with van der Waals surface area (Å²) in [6.45, 7) is 0.810. The lowest BCUT2D eigenvalue weighted by Gasteiger charge is -2.16. The van der Waals surface area contributed by atoms with Crippen molar-refractivity contribution in [1.82, 2.24) is 4.90 Å². The molecule has 0 saturated carbocycles. The normalized spacial score (nSPS) is 14.2. The maximum Gasteiger partial charge on any atom is 0.270 e. The lowest BCUT2D eigenvalue weighted by Crippen LogP contribution is -2.11. The van der Waals surface area contributed by atoms with Crippen LogP contribution in [0.5, 0.6) is 0 Å². The number of amides is 1. The van der Waals surface area contributed by atoms with Crippen LogP contribution in [-0.4, -0.2) is 29.8 Å². The first-order chi connectivity index (χ1) is 15.3. The van der Waals surface area contributed by atoms with Gasteiger partial charge in [0.25, 0.3) is 11.6 Å². The van der Waals surface area contributed by atoms with E-state index in [4.69, 9.17) is 11.6 Å². The quantitative estimate of drug-likeness (QED) is 0.306. The molecule has 1 aliphatic heterocycles. The summed E-state index contributed by atoms with van der Waals surface area (Å²) in [5, 5.41) is 18.0. The van der Waals surface area contributed by atoms with Crippen LogP contribution in [0.3, 0.4) is 0 Å². The van der Waals surface area contributed by atoms with E-state index in [2.05, 4.69) is 15.5 Å². The van der Waals surface area contributed by atoms with Crippen molar-refractivity contribution < 1.29 is 9.72 Å². The van der Waals surface area contributed by atoms with Gasteiger partial charge >= 0.3 is 0 Å². The average Bonchev–Trinajstić information content (AvgIpc) is 3.08. The number of rotatable bonds is 6. The topological polar surface area (TPSA) is 87.5 Å². The van der Waals surface area contributed by atoms with Gasteiger partial charge in [-0.1, -0.05) is 35.9 Å². The van der Waals surface area contributed by atoms with Crippen molar-refractivity contribution in [3.8, 4) is 0 Å². The lowest BCUT2D eigenvalue weighted by molar-refractivity contribution is -0.384. The van der Waals surface area contributed by atoms with Gasteiger partial charge in [-0.25, -0.2) is 0 Å². The highest BCUT2D eigenvalue weighted by Gasteiger charge is 2.30. The predicted octanol–water partition coefficient (Wildman–Crippen LogP) is 5.24. The van der Waals surface area contributed by atoms with Gasteiger partial charge < -0.3 is 15.5 Å². The van der Waals surface area contributed by atoms with Crippen LogP contribution in [0.1, 0.15) is 16.7 Å². The summed E-state index contributed by atoms with van der Waals surface area (Å²) in [5.74, 6) is -0.331. The fourth-order valence-electron chi connectivity index (χ4n) is 3.62. The molecule has 0 unspecified atom stereocenters. The van der Waals surface area contributed by atoms with Gasteiger partial charge in [0.2, 0.25) is 0 Å². The maximum atomic E-state index is 12.9. The van der Waals surface area contributed by atoms with Gasteiger partial charge in [-0.3, -0.25) is 14.9 Å². The summed E-state index contributed by atoms with van der Waals surface area (Å²) in [6, 6.07) is 19.3. The summed E-state index contributed by atoms with van der Waals surface area (Å²) in [4.78, 5) is 25.9.